The van der Waals surface area contributed by atoms with Gasteiger partial charge in [0.1, 0.15) is 11.2 Å². The minimum Gasteiger partial charge on any atom is -0.480 e. The van der Waals surface area contributed by atoms with Crippen LogP contribution in [-0.2, 0) is 0 Å². The SMILES string of the molecule is CNCC[C@@H](Oc1cccc2ccccc12)[SH]1C=CC=C1. The number of hydrogen-bond acceptors (Lipinski definition) is 2. The number of fused-ring (bicyclic) bond motifs is 1. The molecule has 0 radical (unpaired) electrons. The molecule has 0 amide bonds. The highest BCUT2D eigenvalue weighted by molar-refractivity contribution is 8.22. The van der Waals surface area contributed by atoms with Gasteiger partial charge in [0, 0.05) is 11.8 Å². The second kappa shape index (κ2) is 6.83. The first-order valence-electron chi connectivity index (χ1n) is 7.30. The Morgan fingerprint density at radius 1 is 1.05 bits per heavy atom. The summed E-state index contributed by atoms with van der Waals surface area (Å²) in [7, 11) is 1.67. The van der Waals surface area contributed by atoms with E-state index in [1.165, 1.54) is 10.8 Å². The Morgan fingerprint density at radius 2 is 1.81 bits per heavy atom. The van der Waals surface area contributed by atoms with Crippen molar-refractivity contribution in [1.29, 1.82) is 0 Å². The first kappa shape index (κ1) is 14.2. The molecule has 1 aliphatic heterocycles. The van der Waals surface area contributed by atoms with Gasteiger partial charge < -0.3 is 10.1 Å². The summed E-state index contributed by atoms with van der Waals surface area (Å²) in [6.07, 6.45) is 5.27. The fourth-order valence-corrected chi connectivity index (χ4v) is 4.26. The Bertz CT molecular complexity index is 648. The third kappa shape index (κ3) is 3.31. The number of ether oxygens (including phenoxy) is 1. The van der Waals surface area contributed by atoms with Crippen molar-refractivity contribution in [2.75, 3.05) is 13.6 Å². The van der Waals surface area contributed by atoms with Crippen molar-refractivity contribution in [3.63, 3.8) is 0 Å². The molecule has 1 aliphatic rings. The lowest BCUT2D eigenvalue weighted by Gasteiger charge is -2.26. The lowest BCUT2D eigenvalue weighted by atomic mass is 10.1. The van der Waals surface area contributed by atoms with E-state index in [2.05, 4.69) is 70.7 Å². The third-order valence-electron chi connectivity index (χ3n) is 3.61. The van der Waals surface area contributed by atoms with Crippen LogP contribution in [0.25, 0.3) is 10.8 Å². The largest absolute Gasteiger partial charge is 0.480 e. The average Bonchev–Trinajstić information content (AvgIpc) is 3.06. The van der Waals surface area contributed by atoms with Crippen molar-refractivity contribution in [3.05, 3.63) is 65.4 Å². The lowest BCUT2D eigenvalue weighted by Crippen LogP contribution is -2.21. The number of hydrogen-bond donors (Lipinski definition) is 2. The number of rotatable bonds is 6. The molecule has 2 aromatic carbocycles. The van der Waals surface area contributed by atoms with Crippen LogP contribution in [0.2, 0.25) is 0 Å². The molecular weight excluding hydrogens is 278 g/mol. The van der Waals surface area contributed by atoms with E-state index in [1.807, 2.05) is 7.05 Å². The molecule has 3 heteroatoms. The van der Waals surface area contributed by atoms with Crippen LogP contribution in [-0.4, -0.2) is 19.0 Å². The van der Waals surface area contributed by atoms with E-state index in [0.29, 0.717) is 0 Å². The van der Waals surface area contributed by atoms with E-state index in [9.17, 15) is 0 Å². The Balaban J connectivity index is 1.86. The van der Waals surface area contributed by atoms with E-state index in [1.54, 1.807) is 0 Å². The molecule has 0 spiro atoms. The van der Waals surface area contributed by atoms with Crippen LogP contribution in [0, 0.1) is 0 Å². The molecule has 2 aromatic rings. The zero-order chi connectivity index (χ0) is 14.5. The molecule has 2 nitrogen and oxygen atoms in total. The monoisotopic (exact) mass is 299 g/mol. The van der Waals surface area contributed by atoms with Crippen LogP contribution < -0.4 is 10.1 Å². The zero-order valence-corrected chi connectivity index (χ0v) is 13.1. The fourth-order valence-electron chi connectivity index (χ4n) is 2.52. The van der Waals surface area contributed by atoms with Gasteiger partial charge in [-0.15, -0.1) is 0 Å². The average molecular weight is 299 g/mol. The number of allylic oxidation sites excluding steroid dienone is 2. The molecule has 0 saturated carbocycles. The maximum absolute atomic E-state index is 6.40. The number of nitrogens with one attached hydrogen (secondary N) is 1. The van der Waals surface area contributed by atoms with Crippen molar-refractivity contribution >= 4 is 21.7 Å². The maximum Gasteiger partial charge on any atom is 0.134 e. The summed E-state index contributed by atoms with van der Waals surface area (Å²) in [4.78, 5) is 0. The van der Waals surface area contributed by atoms with Crippen LogP contribution in [0.5, 0.6) is 5.75 Å². The van der Waals surface area contributed by atoms with Crippen molar-refractivity contribution in [2.45, 2.75) is 11.9 Å². The van der Waals surface area contributed by atoms with Gasteiger partial charge in [0.15, 0.2) is 0 Å². The van der Waals surface area contributed by atoms with Crippen LogP contribution in [0.4, 0.5) is 0 Å². The smallest absolute Gasteiger partial charge is 0.134 e. The molecule has 21 heavy (non-hydrogen) atoms. The van der Waals surface area contributed by atoms with E-state index in [-0.39, 0.29) is 16.3 Å². The van der Waals surface area contributed by atoms with Gasteiger partial charge in [-0.3, -0.25) is 0 Å². The first-order valence-corrected chi connectivity index (χ1v) is 8.85. The Morgan fingerprint density at radius 3 is 2.62 bits per heavy atom. The number of benzene rings is 2. The van der Waals surface area contributed by atoms with Crippen LogP contribution in [0.3, 0.4) is 0 Å². The molecule has 0 fully saturated rings. The van der Waals surface area contributed by atoms with Crippen LogP contribution in [0.1, 0.15) is 6.42 Å². The summed E-state index contributed by atoms with van der Waals surface area (Å²) in [6, 6.07) is 14.7. The van der Waals surface area contributed by atoms with E-state index >= 15 is 0 Å². The van der Waals surface area contributed by atoms with Crippen molar-refractivity contribution in [2.24, 2.45) is 0 Å². The summed E-state index contributed by atoms with van der Waals surface area (Å²) < 4.78 is 6.40. The summed E-state index contributed by atoms with van der Waals surface area (Å²) in [6.45, 7) is 0.968. The van der Waals surface area contributed by atoms with Crippen LogP contribution >= 0.6 is 10.9 Å². The van der Waals surface area contributed by atoms with Crippen molar-refractivity contribution in [3.8, 4) is 5.75 Å². The Hall–Kier alpha value is -1.71. The predicted molar refractivity (Wildman–Crippen MR) is 94.2 cm³/mol. The summed E-state index contributed by atoms with van der Waals surface area (Å²) in [5.74, 6) is 0.991. The van der Waals surface area contributed by atoms with Gasteiger partial charge in [0.2, 0.25) is 0 Å². The maximum atomic E-state index is 6.40. The Labute approximate surface area is 128 Å². The second-order valence-electron chi connectivity index (χ2n) is 5.07. The van der Waals surface area contributed by atoms with Crippen molar-refractivity contribution in [1.82, 2.24) is 5.32 Å². The second-order valence-corrected chi connectivity index (χ2v) is 7.14. The van der Waals surface area contributed by atoms with E-state index in [4.69, 9.17) is 4.74 Å². The van der Waals surface area contributed by atoms with Gasteiger partial charge in [0.05, 0.1) is 0 Å². The third-order valence-corrected chi connectivity index (χ3v) is 5.68. The molecule has 0 bridgehead atoms. The zero-order valence-electron chi connectivity index (χ0n) is 12.2. The van der Waals surface area contributed by atoms with Crippen molar-refractivity contribution < 1.29 is 4.74 Å². The highest BCUT2D eigenvalue weighted by Crippen LogP contribution is 2.41. The summed E-state index contributed by atoms with van der Waals surface area (Å²) in [5, 5.41) is 10.2. The molecule has 0 aromatic heterocycles. The summed E-state index contributed by atoms with van der Waals surface area (Å²) in [5.41, 5.74) is 0.230. The molecule has 110 valence electrons. The van der Waals surface area contributed by atoms with E-state index in [0.717, 1.165) is 18.7 Å². The lowest BCUT2D eigenvalue weighted by molar-refractivity contribution is 0.279. The van der Waals surface area contributed by atoms with E-state index < -0.39 is 0 Å². The minimum absolute atomic E-state index is 0.230. The predicted octanol–water partition coefficient (Wildman–Crippen LogP) is 4.20. The minimum atomic E-state index is -0.323. The topological polar surface area (TPSA) is 21.3 Å². The molecule has 1 atom stereocenters. The van der Waals surface area contributed by atoms with Gasteiger partial charge in [-0.05, 0) is 35.9 Å². The molecule has 1 heterocycles. The summed E-state index contributed by atoms with van der Waals surface area (Å²) >= 11 is 0. The molecule has 0 aliphatic carbocycles. The molecule has 0 saturated heterocycles. The van der Waals surface area contributed by atoms with Gasteiger partial charge in [-0.1, -0.05) is 48.6 Å². The fraction of sp³-hybridized carbons (Fsp3) is 0.222. The van der Waals surface area contributed by atoms with Gasteiger partial charge >= 0.3 is 0 Å². The molecular formula is C18H21NOS. The first-order chi connectivity index (χ1) is 10.4. The standard InChI is InChI=1S/C18H21NOS/c1-19-12-11-18(21-13-4-5-14-21)20-17-10-6-8-15-7-2-3-9-16(15)17/h2-10,13-14,18-19,21H,11-12H2,1H3/t18-/m0/s1. The number of thiol groups is 1. The Kier molecular flexibility index (Phi) is 4.63. The molecule has 1 N–H and O–H groups in total. The molecule has 3 rings (SSSR count). The normalized spacial score (nSPS) is 16.5. The van der Waals surface area contributed by atoms with Gasteiger partial charge in [-0.25, -0.2) is 0 Å². The van der Waals surface area contributed by atoms with Crippen LogP contribution in [0.15, 0.2) is 65.4 Å². The van der Waals surface area contributed by atoms with Gasteiger partial charge in [0.25, 0.3) is 0 Å². The quantitative estimate of drug-likeness (QED) is 0.780. The van der Waals surface area contributed by atoms with Gasteiger partial charge in [-0.2, -0.15) is 10.9 Å². The molecule has 0 unspecified atom stereocenters. The highest BCUT2D eigenvalue weighted by atomic mass is 32.2. The highest BCUT2D eigenvalue weighted by Gasteiger charge is 2.17.